The molecule has 0 amide bonds. The minimum atomic E-state index is 0.205. The lowest BCUT2D eigenvalue weighted by atomic mass is 9.43. The quantitative estimate of drug-likeness (QED) is 0.192. The molecule has 0 radical (unpaired) electrons. The van der Waals surface area contributed by atoms with Gasteiger partial charge in [0.2, 0.25) is 0 Å². The van der Waals surface area contributed by atoms with Crippen molar-refractivity contribution in [2.45, 2.75) is 47.3 Å². The lowest BCUT2D eigenvalue weighted by Crippen LogP contribution is -2.55. The average Bonchev–Trinajstić information content (AvgIpc) is 3.37. The third-order valence-corrected chi connectivity index (χ3v) is 13.6. The maximum Gasteiger partial charge on any atom is 0.0272 e. The van der Waals surface area contributed by atoms with Crippen LogP contribution in [0.1, 0.15) is 43.2 Å². The summed E-state index contributed by atoms with van der Waals surface area (Å²) in [5.74, 6) is 3.50. The van der Waals surface area contributed by atoms with Crippen LogP contribution in [0.15, 0.2) is 131 Å². The fourth-order valence-electron chi connectivity index (χ4n) is 11.0. The SMILES string of the molecule is c1cc(-c2ccc3c(c2)C2(c4ccccc4-3)C3CC4CC(C3)CC2C4)cc(-c2ccc3c4c(cccc24)-c2ccccc2S3)c1. The zero-order chi connectivity index (χ0) is 29.3. The first-order valence-electron chi connectivity index (χ1n) is 16.9. The number of benzene rings is 6. The van der Waals surface area contributed by atoms with Gasteiger partial charge >= 0.3 is 0 Å². The van der Waals surface area contributed by atoms with Crippen molar-refractivity contribution in [2.75, 3.05) is 0 Å². The van der Waals surface area contributed by atoms with Crippen LogP contribution in [0.4, 0.5) is 0 Å². The first-order valence-corrected chi connectivity index (χ1v) is 17.8. The van der Waals surface area contributed by atoms with Gasteiger partial charge in [-0.05, 0) is 141 Å². The standard InChI is InChI=1S/C44H34S/c1-3-13-39-34(9-1)35-16-15-29(25-40(35)44(39)31-20-26-19-27(22-31)23-32(44)21-26)28-7-5-8-30(24-28)33-17-18-42-43-37(33)11-6-12-38(43)36-10-2-4-14-41(36)45-42/h1-18,24-27,31-32H,19-23H2. The van der Waals surface area contributed by atoms with Gasteiger partial charge in [0, 0.05) is 20.6 Å². The van der Waals surface area contributed by atoms with Crippen molar-refractivity contribution in [1.29, 1.82) is 0 Å². The summed E-state index contributed by atoms with van der Waals surface area (Å²) in [4.78, 5) is 2.71. The molecule has 5 aliphatic carbocycles. The third-order valence-electron chi connectivity index (χ3n) is 12.5. The summed E-state index contributed by atoms with van der Waals surface area (Å²) < 4.78 is 0. The number of rotatable bonds is 2. The molecule has 45 heavy (non-hydrogen) atoms. The van der Waals surface area contributed by atoms with E-state index in [1.807, 2.05) is 11.8 Å². The van der Waals surface area contributed by atoms with Gasteiger partial charge in [-0.2, -0.15) is 0 Å². The van der Waals surface area contributed by atoms with Crippen LogP contribution >= 0.6 is 11.8 Å². The zero-order valence-electron chi connectivity index (χ0n) is 25.3. The predicted molar refractivity (Wildman–Crippen MR) is 188 cm³/mol. The maximum atomic E-state index is 2.63. The summed E-state index contributed by atoms with van der Waals surface area (Å²) in [6, 6.07) is 46.7. The second-order valence-corrected chi connectivity index (χ2v) is 15.6. The highest BCUT2D eigenvalue weighted by molar-refractivity contribution is 7.99. The number of hydrogen-bond donors (Lipinski definition) is 0. The van der Waals surface area contributed by atoms with Crippen LogP contribution in [0, 0.1) is 23.7 Å². The number of fused-ring (bicyclic) bond motifs is 5. The second-order valence-electron chi connectivity index (χ2n) is 14.5. The minimum absolute atomic E-state index is 0.205. The van der Waals surface area contributed by atoms with Crippen molar-refractivity contribution >= 4 is 22.5 Å². The van der Waals surface area contributed by atoms with Crippen molar-refractivity contribution in [3.05, 3.63) is 132 Å². The van der Waals surface area contributed by atoms with Crippen molar-refractivity contribution in [2.24, 2.45) is 23.7 Å². The van der Waals surface area contributed by atoms with Gasteiger partial charge in [0.25, 0.3) is 0 Å². The number of hydrogen-bond acceptors (Lipinski definition) is 1. The topological polar surface area (TPSA) is 0 Å². The highest BCUT2D eigenvalue weighted by Gasteiger charge is 2.61. The molecule has 4 saturated carbocycles. The van der Waals surface area contributed by atoms with Gasteiger partial charge in [-0.3, -0.25) is 0 Å². The third kappa shape index (κ3) is 3.30. The van der Waals surface area contributed by atoms with Gasteiger partial charge in [-0.1, -0.05) is 109 Å². The summed E-state index contributed by atoms with van der Waals surface area (Å²) in [7, 11) is 0. The van der Waals surface area contributed by atoms with Crippen molar-refractivity contribution in [3.8, 4) is 44.5 Å². The van der Waals surface area contributed by atoms with E-state index in [1.54, 1.807) is 11.1 Å². The Hall–Kier alpha value is -4.07. The Morgan fingerprint density at radius 1 is 0.444 bits per heavy atom. The summed E-state index contributed by atoms with van der Waals surface area (Å²) >= 11 is 1.91. The van der Waals surface area contributed by atoms with Gasteiger partial charge in [0.1, 0.15) is 0 Å². The Balaban J connectivity index is 1.06. The summed E-state index contributed by atoms with van der Waals surface area (Å²) in [6.07, 6.45) is 7.19. The molecule has 0 saturated heterocycles. The molecule has 4 fully saturated rings. The van der Waals surface area contributed by atoms with E-state index in [9.17, 15) is 0 Å². The Bertz CT molecular complexity index is 2190. The summed E-state index contributed by atoms with van der Waals surface area (Å²) in [5, 5.41) is 2.74. The van der Waals surface area contributed by atoms with Crippen LogP contribution in [0.2, 0.25) is 0 Å². The van der Waals surface area contributed by atoms with E-state index in [4.69, 9.17) is 0 Å². The largest absolute Gasteiger partial charge is 0.0888 e. The molecule has 6 aromatic rings. The van der Waals surface area contributed by atoms with E-state index in [0.29, 0.717) is 0 Å². The van der Waals surface area contributed by atoms with E-state index < -0.39 is 0 Å². The minimum Gasteiger partial charge on any atom is -0.0888 e. The molecule has 0 unspecified atom stereocenters. The highest BCUT2D eigenvalue weighted by Crippen LogP contribution is 2.69. The van der Waals surface area contributed by atoms with Crippen molar-refractivity contribution < 1.29 is 0 Å². The molecule has 0 aromatic heterocycles. The van der Waals surface area contributed by atoms with Gasteiger partial charge in [0.05, 0.1) is 0 Å². The van der Waals surface area contributed by atoms with E-state index in [0.717, 1.165) is 23.7 Å². The Morgan fingerprint density at radius 3 is 1.98 bits per heavy atom. The van der Waals surface area contributed by atoms with Crippen molar-refractivity contribution in [3.63, 3.8) is 0 Å². The molecule has 6 aliphatic rings. The zero-order valence-corrected chi connectivity index (χ0v) is 26.1. The molecule has 1 heteroatoms. The molecule has 1 aliphatic heterocycles. The summed E-state index contributed by atoms with van der Waals surface area (Å²) in [5.41, 5.74) is 14.5. The monoisotopic (exact) mass is 594 g/mol. The Kier molecular flexibility index (Phi) is 5.04. The normalized spacial score (nSPS) is 26.2. The van der Waals surface area contributed by atoms with E-state index >= 15 is 0 Å². The van der Waals surface area contributed by atoms with Gasteiger partial charge < -0.3 is 0 Å². The molecular formula is C44H34S. The fraction of sp³-hybridized carbons (Fsp3) is 0.227. The van der Waals surface area contributed by atoms with E-state index in [1.165, 1.54) is 97.2 Å². The van der Waals surface area contributed by atoms with E-state index in [-0.39, 0.29) is 5.41 Å². The van der Waals surface area contributed by atoms with Crippen LogP contribution in [0.25, 0.3) is 55.3 Å². The lowest BCUT2D eigenvalue weighted by Gasteiger charge is -2.61. The maximum absolute atomic E-state index is 2.63. The molecule has 1 spiro atoms. The first-order chi connectivity index (χ1) is 22.3. The highest BCUT2D eigenvalue weighted by atomic mass is 32.2. The molecule has 0 nitrogen and oxygen atoms in total. The van der Waals surface area contributed by atoms with Crippen molar-refractivity contribution in [1.82, 2.24) is 0 Å². The molecule has 1 heterocycles. The van der Waals surface area contributed by atoms with Crippen LogP contribution in [0.5, 0.6) is 0 Å². The molecule has 12 rings (SSSR count). The lowest BCUT2D eigenvalue weighted by molar-refractivity contribution is -0.0399. The molecule has 0 N–H and O–H groups in total. The smallest absolute Gasteiger partial charge is 0.0272 e. The van der Waals surface area contributed by atoms with Crippen LogP contribution in [0.3, 0.4) is 0 Å². The average molecular weight is 595 g/mol. The van der Waals surface area contributed by atoms with Crippen LogP contribution in [-0.2, 0) is 5.41 Å². The van der Waals surface area contributed by atoms with Crippen LogP contribution < -0.4 is 0 Å². The Labute approximate surface area is 269 Å². The molecular weight excluding hydrogens is 561 g/mol. The van der Waals surface area contributed by atoms with E-state index in [2.05, 4.69) is 121 Å². The Morgan fingerprint density at radius 2 is 1.11 bits per heavy atom. The van der Waals surface area contributed by atoms with Gasteiger partial charge in [-0.25, -0.2) is 0 Å². The predicted octanol–water partition coefficient (Wildman–Crippen LogP) is 12.0. The first kappa shape index (κ1) is 25.2. The molecule has 0 atom stereocenters. The van der Waals surface area contributed by atoms with Crippen LogP contribution in [-0.4, -0.2) is 0 Å². The molecule has 4 bridgehead atoms. The summed E-state index contributed by atoms with van der Waals surface area (Å²) in [6.45, 7) is 0. The van der Waals surface area contributed by atoms with Gasteiger partial charge in [-0.15, -0.1) is 0 Å². The van der Waals surface area contributed by atoms with Gasteiger partial charge in [0.15, 0.2) is 0 Å². The molecule has 216 valence electrons. The second kappa shape index (κ2) is 9.02. The molecule has 6 aromatic carbocycles. The fourth-order valence-corrected chi connectivity index (χ4v) is 12.2.